The highest BCUT2D eigenvalue weighted by molar-refractivity contribution is 5.98. The number of amides is 1. The van der Waals surface area contributed by atoms with Crippen LogP contribution in [0.5, 0.6) is 0 Å². The highest BCUT2D eigenvalue weighted by Crippen LogP contribution is 2.28. The molecule has 29 heavy (non-hydrogen) atoms. The first-order chi connectivity index (χ1) is 14.0. The van der Waals surface area contributed by atoms with Crippen molar-refractivity contribution in [3.63, 3.8) is 0 Å². The van der Waals surface area contributed by atoms with Crippen LogP contribution in [-0.2, 0) is 11.2 Å². The number of anilines is 1. The molecule has 1 aliphatic heterocycles. The minimum Gasteiger partial charge on any atom is -0.396 e. The molecule has 0 aliphatic carbocycles. The molecule has 0 radical (unpaired) electrons. The normalized spacial score (nSPS) is 19.2. The molecule has 0 spiro atoms. The monoisotopic (exact) mass is 394 g/mol. The van der Waals surface area contributed by atoms with Gasteiger partial charge in [0.2, 0.25) is 5.91 Å². The van der Waals surface area contributed by atoms with Crippen LogP contribution in [-0.4, -0.2) is 47.9 Å². The van der Waals surface area contributed by atoms with E-state index in [2.05, 4.69) is 34.5 Å². The first-order valence-corrected chi connectivity index (χ1v) is 10.3. The van der Waals surface area contributed by atoms with E-state index in [-0.39, 0.29) is 24.2 Å². The molecule has 1 heterocycles. The molecule has 2 atom stereocenters. The van der Waals surface area contributed by atoms with Gasteiger partial charge in [-0.2, -0.15) is 0 Å². The third kappa shape index (κ3) is 6.24. The Hall–Kier alpha value is -2.50. The van der Waals surface area contributed by atoms with Crippen molar-refractivity contribution in [1.82, 2.24) is 4.90 Å². The standard InChI is InChI=1S/C24H30N2O3/c1-18(28)25-23-12-10-20(11-13-23)24(29)16-26-14-21(22(15-26)17-27)9-5-8-19-6-3-2-4-7-19/h2-4,6-7,10-13,21-22,27H,5,8-9,14-17H2,1H3,(H,25,28)/t21-,22-/m1/s1. The van der Waals surface area contributed by atoms with Gasteiger partial charge >= 0.3 is 0 Å². The van der Waals surface area contributed by atoms with Crippen molar-refractivity contribution < 1.29 is 14.7 Å². The van der Waals surface area contributed by atoms with Crippen molar-refractivity contribution in [2.75, 3.05) is 31.6 Å². The Bertz CT molecular complexity index is 805. The van der Waals surface area contributed by atoms with Crippen LogP contribution in [0.1, 0.15) is 35.7 Å². The van der Waals surface area contributed by atoms with Gasteiger partial charge in [0.05, 0.1) is 6.54 Å². The summed E-state index contributed by atoms with van der Waals surface area (Å²) in [5.74, 6) is 0.606. The molecule has 2 N–H and O–H groups in total. The number of Topliss-reactive ketones (excluding diaryl/α,β-unsaturated/α-hetero) is 1. The zero-order valence-corrected chi connectivity index (χ0v) is 17.0. The molecule has 3 rings (SSSR count). The number of likely N-dealkylation sites (tertiary alicyclic amines) is 1. The molecular weight excluding hydrogens is 364 g/mol. The van der Waals surface area contributed by atoms with Gasteiger partial charge in [0.15, 0.2) is 5.78 Å². The first-order valence-electron chi connectivity index (χ1n) is 10.3. The second-order valence-electron chi connectivity index (χ2n) is 7.96. The third-order valence-electron chi connectivity index (χ3n) is 5.66. The summed E-state index contributed by atoms with van der Waals surface area (Å²) in [6.07, 6.45) is 3.21. The summed E-state index contributed by atoms with van der Waals surface area (Å²) in [5.41, 5.74) is 2.68. The molecule has 0 aromatic heterocycles. The number of ketones is 1. The number of aryl methyl sites for hydroxylation is 1. The van der Waals surface area contributed by atoms with E-state index in [1.54, 1.807) is 24.3 Å². The summed E-state index contributed by atoms with van der Waals surface area (Å²) < 4.78 is 0. The van der Waals surface area contributed by atoms with E-state index in [4.69, 9.17) is 0 Å². The van der Waals surface area contributed by atoms with E-state index in [1.165, 1.54) is 12.5 Å². The summed E-state index contributed by atoms with van der Waals surface area (Å²) in [5, 5.41) is 12.5. The van der Waals surface area contributed by atoms with Crippen molar-refractivity contribution in [2.24, 2.45) is 11.8 Å². The minimum atomic E-state index is -0.130. The quantitative estimate of drug-likeness (QED) is 0.640. The molecule has 5 nitrogen and oxygen atoms in total. The highest BCUT2D eigenvalue weighted by Gasteiger charge is 2.32. The number of carbonyl (C=O) groups excluding carboxylic acids is 2. The van der Waals surface area contributed by atoms with Crippen LogP contribution in [0, 0.1) is 11.8 Å². The molecule has 0 saturated carbocycles. The second-order valence-corrected chi connectivity index (χ2v) is 7.96. The molecule has 2 aromatic rings. The maximum atomic E-state index is 12.6. The molecule has 0 unspecified atom stereocenters. The van der Waals surface area contributed by atoms with Crippen LogP contribution >= 0.6 is 0 Å². The third-order valence-corrected chi connectivity index (χ3v) is 5.66. The Kier molecular flexibility index (Phi) is 7.55. The van der Waals surface area contributed by atoms with Gasteiger partial charge in [0.1, 0.15) is 0 Å². The van der Waals surface area contributed by atoms with Crippen LogP contribution in [0.3, 0.4) is 0 Å². The van der Waals surface area contributed by atoms with E-state index in [9.17, 15) is 14.7 Å². The number of nitrogens with zero attached hydrogens (tertiary/aromatic N) is 1. The number of rotatable bonds is 9. The smallest absolute Gasteiger partial charge is 0.221 e. The largest absolute Gasteiger partial charge is 0.396 e. The van der Waals surface area contributed by atoms with Crippen LogP contribution in [0.4, 0.5) is 5.69 Å². The number of aliphatic hydroxyl groups is 1. The number of aliphatic hydroxyl groups excluding tert-OH is 1. The van der Waals surface area contributed by atoms with E-state index >= 15 is 0 Å². The molecule has 1 fully saturated rings. The molecule has 2 aromatic carbocycles. The molecule has 5 heteroatoms. The summed E-state index contributed by atoms with van der Waals surface area (Å²) in [6.45, 7) is 3.62. The zero-order valence-electron chi connectivity index (χ0n) is 17.0. The minimum absolute atomic E-state index is 0.0704. The average Bonchev–Trinajstić information content (AvgIpc) is 3.10. The number of hydrogen-bond acceptors (Lipinski definition) is 4. The number of hydrogen-bond donors (Lipinski definition) is 2. The lowest BCUT2D eigenvalue weighted by molar-refractivity contribution is -0.114. The summed E-state index contributed by atoms with van der Waals surface area (Å²) in [4.78, 5) is 25.9. The van der Waals surface area contributed by atoms with Crippen molar-refractivity contribution in [3.05, 3.63) is 65.7 Å². The van der Waals surface area contributed by atoms with Gasteiger partial charge in [-0.1, -0.05) is 30.3 Å². The molecule has 1 amide bonds. The Morgan fingerprint density at radius 2 is 1.72 bits per heavy atom. The number of benzene rings is 2. The summed E-state index contributed by atoms with van der Waals surface area (Å²) in [7, 11) is 0. The van der Waals surface area contributed by atoms with Crippen LogP contribution < -0.4 is 5.32 Å². The van der Waals surface area contributed by atoms with Crippen LogP contribution in [0.25, 0.3) is 0 Å². The number of carbonyl (C=O) groups is 2. The van der Waals surface area contributed by atoms with Gasteiger partial charge in [-0.15, -0.1) is 0 Å². The Morgan fingerprint density at radius 3 is 2.38 bits per heavy atom. The molecule has 1 saturated heterocycles. The number of nitrogens with one attached hydrogen (secondary N) is 1. The Labute approximate surface area is 172 Å². The van der Waals surface area contributed by atoms with Gasteiger partial charge in [-0.3, -0.25) is 14.5 Å². The Morgan fingerprint density at radius 1 is 1.03 bits per heavy atom. The molecular formula is C24H30N2O3. The van der Waals surface area contributed by atoms with Gasteiger partial charge in [0, 0.05) is 37.9 Å². The Balaban J connectivity index is 1.49. The van der Waals surface area contributed by atoms with E-state index in [1.807, 2.05) is 6.07 Å². The molecule has 1 aliphatic rings. The zero-order chi connectivity index (χ0) is 20.6. The highest BCUT2D eigenvalue weighted by atomic mass is 16.3. The van der Waals surface area contributed by atoms with E-state index in [0.29, 0.717) is 23.7 Å². The van der Waals surface area contributed by atoms with Crippen LogP contribution in [0.15, 0.2) is 54.6 Å². The van der Waals surface area contributed by atoms with Crippen molar-refractivity contribution in [3.8, 4) is 0 Å². The van der Waals surface area contributed by atoms with Crippen molar-refractivity contribution in [2.45, 2.75) is 26.2 Å². The fourth-order valence-electron chi connectivity index (χ4n) is 4.15. The lowest BCUT2D eigenvalue weighted by Crippen LogP contribution is -2.28. The predicted octanol–water partition coefficient (Wildman–Crippen LogP) is 3.39. The van der Waals surface area contributed by atoms with E-state index < -0.39 is 0 Å². The van der Waals surface area contributed by atoms with Gasteiger partial charge in [0.25, 0.3) is 0 Å². The summed E-state index contributed by atoms with van der Waals surface area (Å²) >= 11 is 0. The van der Waals surface area contributed by atoms with Gasteiger partial charge in [-0.25, -0.2) is 0 Å². The SMILES string of the molecule is CC(=O)Nc1ccc(C(=O)CN2C[C@@H](CCCc3ccccc3)[C@@H](CO)C2)cc1. The fraction of sp³-hybridized carbons (Fsp3) is 0.417. The molecule has 0 bridgehead atoms. The lowest BCUT2D eigenvalue weighted by Gasteiger charge is -2.16. The molecule has 154 valence electrons. The van der Waals surface area contributed by atoms with Crippen LogP contribution in [0.2, 0.25) is 0 Å². The maximum Gasteiger partial charge on any atom is 0.221 e. The lowest BCUT2D eigenvalue weighted by atomic mass is 9.91. The average molecular weight is 395 g/mol. The summed E-state index contributed by atoms with van der Waals surface area (Å²) in [6, 6.07) is 17.5. The van der Waals surface area contributed by atoms with Gasteiger partial charge < -0.3 is 10.4 Å². The second kappa shape index (κ2) is 10.3. The topological polar surface area (TPSA) is 69.6 Å². The van der Waals surface area contributed by atoms with Gasteiger partial charge in [-0.05, 0) is 60.9 Å². The fourth-order valence-corrected chi connectivity index (χ4v) is 4.15. The first kappa shape index (κ1) is 21.2. The van der Waals surface area contributed by atoms with Crippen molar-refractivity contribution >= 4 is 17.4 Å². The van der Waals surface area contributed by atoms with E-state index in [0.717, 1.165) is 32.4 Å². The predicted molar refractivity (Wildman–Crippen MR) is 115 cm³/mol. The van der Waals surface area contributed by atoms with Crippen molar-refractivity contribution in [1.29, 1.82) is 0 Å². The maximum absolute atomic E-state index is 12.6.